The van der Waals surface area contributed by atoms with Crippen molar-refractivity contribution in [2.45, 2.75) is 58.3 Å². The molecule has 3 heteroatoms. The molecule has 0 heterocycles. The molecule has 0 aromatic heterocycles. The van der Waals surface area contributed by atoms with Crippen LogP contribution in [-0.4, -0.2) is 28.5 Å². The summed E-state index contributed by atoms with van der Waals surface area (Å²) in [6.07, 6.45) is 5.96. The average Bonchev–Trinajstić information content (AvgIpc) is 2.50. The van der Waals surface area contributed by atoms with Crippen molar-refractivity contribution in [1.29, 1.82) is 0 Å². The van der Waals surface area contributed by atoms with Gasteiger partial charge in [0.1, 0.15) is 5.75 Å². The monoisotopic (exact) mass is 318 g/mol. The van der Waals surface area contributed by atoms with E-state index in [1.54, 1.807) is 6.07 Å². The van der Waals surface area contributed by atoms with Crippen molar-refractivity contribution < 1.29 is 15.3 Å². The van der Waals surface area contributed by atoms with Gasteiger partial charge >= 0.3 is 0 Å². The summed E-state index contributed by atoms with van der Waals surface area (Å²) in [6, 6.07) is 3.91. The molecule has 1 aliphatic rings. The zero-order chi connectivity index (χ0) is 17.0. The second-order valence-corrected chi connectivity index (χ2v) is 7.15. The van der Waals surface area contributed by atoms with Gasteiger partial charge in [0.2, 0.25) is 0 Å². The van der Waals surface area contributed by atoms with Gasteiger partial charge in [-0.2, -0.15) is 0 Å². The summed E-state index contributed by atoms with van der Waals surface area (Å²) >= 11 is 0. The molecule has 0 radical (unpaired) electrons. The summed E-state index contributed by atoms with van der Waals surface area (Å²) in [5.74, 6) is 0.767. The first-order chi connectivity index (χ1) is 11.0. The maximum Gasteiger partial charge on any atom is 0.119 e. The molecule has 1 aromatic rings. The zero-order valence-electron chi connectivity index (χ0n) is 14.5. The summed E-state index contributed by atoms with van der Waals surface area (Å²) in [5.41, 5.74) is 4.37. The number of hydrogen-bond donors (Lipinski definition) is 3. The van der Waals surface area contributed by atoms with Crippen LogP contribution in [0.25, 0.3) is 0 Å². The molecule has 0 saturated carbocycles. The number of hydrogen-bond acceptors (Lipinski definition) is 3. The van der Waals surface area contributed by atoms with E-state index in [9.17, 15) is 15.3 Å². The first kappa shape index (κ1) is 18.0. The van der Waals surface area contributed by atoms with Gasteiger partial charge in [-0.05, 0) is 75.5 Å². The standard InChI is InChI=1S/C20H30O3/c1-13(2)5-4-6-15(11-21)17-8-7-16(12-22)20-18(17)9-14(3)10-19(20)23/h5,9-10,15-17,21-23H,4,6-8,11-12H2,1-3H3/t15-,16+,17+/m1/s1. The van der Waals surface area contributed by atoms with Crippen molar-refractivity contribution >= 4 is 0 Å². The average molecular weight is 318 g/mol. The zero-order valence-corrected chi connectivity index (χ0v) is 14.5. The van der Waals surface area contributed by atoms with E-state index >= 15 is 0 Å². The molecule has 2 rings (SSSR count). The van der Waals surface area contributed by atoms with Crippen molar-refractivity contribution in [2.75, 3.05) is 13.2 Å². The maximum absolute atomic E-state index is 10.4. The molecule has 23 heavy (non-hydrogen) atoms. The molecule has 0 spiro atoms. The number of fused-ring (bicyclic) bond motifs is 1. The normalized spacial score (nSPS) is 21.6. The van der Waals surface area contributed by atoms with Gasteiger partial charge in [0.15, 0.2) is 0 Å². The summed E-state index contributed by atoms with van der Waals surface area (Å²) < 4.78 is 0. The smallest absolute Gasteiger partial charge is 0.119 e. The third-order valence-corrected chi connectivity index (χ3v) is 5.08. The Hall–Kier alpha value is -1.32. The minimum atomic E-state index is 0.0129. The van der Waals surface area contributed by atoms with E-state index in [2.05, 4.69) is 26.0 Å². The molecule has 128 valence electrons. The summed E-state index contributed by atoms with van der Waals surface area (Å²) in [7, 11) is 0. The molecule has 0 aliphatic heterocycles. The molecule has 3 nitrogen and oxygen atoms in total. The van der Waals surface area contributed by atoms with Crippen molar-refractivity contribution in [1.82, 2.24) is 0 Å². The van der Waals surface area contributed by atoms with Crippen LogP contribution in [0.1, 0.15) is 68.1 Å². The van der Waals surface area contributed by atoms with Gasteiger partial charge in [-0.25, -0.2) is 0 Å². The van der Waals surface area contributed by atoms with E-state index in [0.29, 0.717) is 5.75 Å². The molecule has 3 N–H and O–H groups in total. The van der Waals surface area contributed by atoms with Gasteiger partial charge in [-0.15, -0.1) is 0 Å². The molecule has 3 atom stereocenters. The Bertz CT molecular complexity index is 558. The number of rotatable bonds is 6. The Morgan fingerprint density at radius 2 is 2.00 bits per heavy atom. The minimum absolute atomic E-state index is 0.0129. The largest absolute Gasteiger partial charge is 0.508 e. The molecule has 0 fully saturated rings. The minimum Gasteiger partial charge on any atom is -0.508 e. The highest BCUT2D eigenvalue weighted by Crippen LogP contribution is 2.47. The van der Waals surface area contributed by atoms with Crippen molar-refractivity contribution in [2.24, 2.45) is 5.92 Å². The van der Waals surface area contributed by atoms with E-state index < -0.39 is 0 Å². The highest BCUT2D eigenvalue weighted by atomic mass is 16.3. The van der Waals surface area contributed by atoms with Gasteiger partial charge in [-0.3, -0.25) is 0 Å². The van der Waals surface area contributed by atoms with Crippen molar-refractivity contribution in [3.05, 3.63) is 40.5 Å². The maximum atomic E-state index is 10.4. The summed E-state index contributed by atoms with van der Waals surface area (Å²) in [5, 5.41) is 29.9. The van der Waals surface area contributed by atoms with Crippen molar-refractivity contribution in [3.63, 3.8) is 0 Å². The molecule has 1 aromatic carbocycles. The third-order valence-electron chi connectivity index (χ3n) is 5.08. The van der Waals surface area contributed by atoms with Crippen LogP contribution in [-0.2, 0) is 0 Å². The molecular weight excluding hydrogens is 288 g/mol. The Balaban J connectivity index is 2.31. The number of aromatic hydroxyl groups is 1. The van der Waals surface area contributed by atoms with Crippen LogP contribution in [0.3, 0.4) is 0 Å². The van der Waals surface area contributed by atoms with E-state index in [1.165, 1.54) is 5.57 Å². The summed E-state index contributed by atoms with van der Waals surface area (Å²) in [4.78, 5) is 0. The number of benzene rings is 1. The van der Waals surface area contributed by atoms with Gasteiger partial charge in [0, 0.05) is 18.1 Å². The van der Waals surface area contributed by atoms with Crippen LogP contribution in [0, 0.1) is 12.8 Å². The predicted molar refractivity (Wildman–Crippen MR) is 93.9 cm³/mol. The predicted octanol–water partition coefficient (Wildman–Crippen LogP) is 4.01. The van der Waals surface area contributed by atoms with Crippen LogP contribution in [0.5, 0.6) is 5.75 Å². The van der Waals surface area contributed by atoms with Gasteiger partial charge in [0.25, 0.3) is 0 Å². The topological polar surface area (TPSA) is 60.7 Å². The molecular formula is C20H30O3. The number of phenolic OH excluding ortho intramolecular Hbond substituents is 1. The van der Waals surface area contributed by atoms with Crippen LogP contribution in [0.4, 0.5) is 0 Å². The van der Waals surface area contributed by atoms with Crippen LogP contribution in [0.15, 0.2) is 23.8 Å². The van der Waals surface area contributed by atoms with Crippen LogP contribution in [0.2, 0.25) is 0 Å². The lowest BCUT2D eigenvalue weighted by atomic mass is 9.70. The van der Waals surface area contributed by atoms with E-state index in [0.717, 1.165) is 42.4 Å². The molecule has 0 bridgehead atoms. The van der Waals surface area contributed by atoms with E-state index in [1.807, 2.05) is 6.92 Å². The van der Waals surface area contributed by atoms with Crippen molar-refractivity contribution in [3.8, 4) is 5.75 Å². The Labute approximate surface area is 139 Å². The molecule has 0 amide bonds. The fourth-order valence-corrected chi connectivity index (χ4v) is 3.92. The molecule has 0 unspecified atom stereocenters. The Kier molecular flexibility index (Phi) is 6.25. The fraction of sp³-hybridized carbons (Fsp3) is 0.600. The van der Waals surface area contributed by atoms with E-state index in [4.69, 9.17) is 0 Å². The quantitative estimate of drug-likeness (QED) is 0.695. The van der Waals surface area contributed by atoms with Gasteiger partial charge in [0.05, 0.1) is 6.61 Å². The van der Waals surface area contributed by atoms with Crippen LogP contribution >= 0.6 is 0 Å². The lowest BCUT2D eigenvalue weighted by Crippen LogP contribution is -2.25. The highest BCUT2D eigenvalue weighted by molar-refractivity contribution is 5.48. The lowest BCUT2D eigenvalue weighted by Gasteiger charge is -2.35. The highest BCUT2D eigenvalue weighted by Gasteiger charge is 2.33. The second kappa shape index (κ2) is 7.98. The van der Waals surface area contributed by atoms with Gasteiger partial charge in [-0.1, -0.05) is 17.7 Å². The van der Waals surface area contributed by atoms with Crippen LogP contribution < -0.4 is 0 Å². The molecule has 1 aliphatic carbocycles. The third kappa shape index (κ3) is 4.15. The van der Waals surface area contributed by atoms with Gasteiger partial charge < -0.3 is 15.3 Å². The number of allylic oxidation sites excluding steroid dienone is 2. The van der Waals surface area contributed by atoms with E-state index in [-0.39, 0.29) is 31.0 Å². The number of aliphatic hydroxyl groups is 2. The number of aryl methyl sites for hydroxylation is 1. The number of phenols is 1. The SMILES string of the molecule is CC(C)=CCC[C@H](CO)[C@@H]1CC[C@@H](CO)c2c(O)cc(C)cc21. The summed E-state index contributed by atoms with van der Waals surface area (Å²) in [6.45, 7) is 6.40. The first-order valence-electron chi connectivity index (χ1n) is 8.66. The first-order valence-corrected chi connectivity index (χ1v) is 8.66. The second-order valence-electron chi connectivity index (χ2n) is 7.15. The Morgan fingerprint density at radius 3 is 2.61 bits per heavy atom. The Morgan fingerprint density at radius 1 is 1.26 bits per heavy atom. The number of aliphatic hydroxyl groups excluding tert-OH is 2. The molecule has 0 saturated heterocycles. The fourth-order valence-electron chi connectivity index (χ4n) is 3.92. The lowest BCUT2D eigenvalue weighted by molar-refractivity contribution is 0.176.